The Kier molecular flexibility index (Phi) is 2.90. The molecule has 15 heavy (non-hydrogen) atoms. The lowest BCUT2D eigenvalue weighted by molar-refractivity contribution is 0.156. The number of carbonyl (C=O) groups excluding carboxylic acids is 1. The number of ether oxygens (including phenoxy) is 1. The molecule has 0 spiro atoms. The predicted octanol–water partition coefficient (Wildman–Crippen LogP) is 3.20. The van der Waals surface area contributed by atoms with Crippen LogP contribution >= 0.6 is 0 Å². The van der Waals surface area contributed by atoms with Crippen molar-refractivity contribution in [3.05, 3.63) is 29.8 Å². The molecule has 0 aliphatic heterocycles. The zero-order valence-electron chi connectivity index (χ0n) is 8.82. The molecule has 82 valence electrons. The number of benzene rings is 1. The second kappa shape index (κ2) is 4.34. The molecule has 2 rings (SSSR count). The third kappa shape index (κ3) is 3.27. The summed E-state index contributed by atoms with van der Waals surface area (Å²) in [7, 11) is 0. The van der Waals surface area contributed by atoms with Crippen molar-refractivity contribution in [3.8, 4) is 0 Å². The van der Waals surface area contributed by atoms with E-state index in [9.17, 15) is 4.79 Å². The maximum Gasteiger partial charge on any atom is 0.411 e. The fourth-order valence-corrected chi connectivity index (χ4v) is 1.27. The summed E-state index contributed by atoms with van der Waals surface area (Å²) >= 11 is 0. The van der Waals surface area contributed by atoms with Gasteiger partial charge in [-0.3, -0.25) is 5.32 Å². The number of anilines is 1. The molecule has 1 N–H and O–H groups in total. The van der Waals surface area contributed by atoms with Crippen LogP contribution in [0.1, 0.15) is 19.8 Å². The highest BCUT2D eigenvalue weighted by Gasteiger charge is 2.22. The van der Waals surface area contributed by atoms with Gasteiger partial charge in [0, 0.05) is 7.11 Å². The highest BCUT2D eigenvalue weighted by Crippen LogP contribution is 2.28. The average molecular weight is 207 g/mol. The number of hydrogen-bond acceptors (Lipinski definition) is 2. The van der Waals surface area contributed by atoms with Crippen LogP contribution in [0.5, 0.6) is 0 Å². The molecule has 1 aliphatic carbocycles. The maximum atomic E-state index is 11.3. The van der Waals surface area contributed by atoms with Gasteiger partial charge in [0.15, 0.2) is 0 Å². The minimum Gasteiger partial charge on any atom is -0.449 e. The van der Waals surface area contributed by atoms with Crippen LogP contribution in [0.25, 0.3) is 0 Å². The van der Waals surface area contributed by atoms with Crippen LogP contribution in [0.4, 0.5) is 10.5 Å². The van der Waals surface area contributed by atoms with Gasteiger partial charge in [-0.25, -0.2) is 4.79 Å². The smallest absolute Gasteiger partial charge is 0.411 e. The Morgan fingerprint density at radius 2 is 2.13 bits per heavy atom. The van der Waals surface area contributed by atoms with Crippen molar-refractivity contribution in [2.24, 2.45) is 5.92 Å². The topological polar surface area (TPSA) is 38.3 Å². The van der Waals surface area contributed by atoms with Gasteiger partial charge in [-0.15, -0.1) is 0 Å². The molecule has 0 radical (unpaired) electrons. The molecule has 0 aromatic heterocycles. The first-order valence-corrected chi connectivity index (χ1v) is 5.24. The lowest BCUT2D eigenvalue weighted by atomic mass is 10.2. The second-order valence-electron chi connectivity index (χ2n) is 4.03. The minimum atomic E-state index is -0.356. The van der Waals surface area contributed by atoms with Gasteiger partial charge in [-0.2, -0.15) is 0 Å². The van der Waals surface area contributed by atoms with E-state index in [1.807, 2.05) is 31.2 Å². The summed E-state index contributed by atoms with van der Waals surface area (Å²) in [6.07, 6.45) is 2.03. The quantitative estimate of drug-likeness (QED) is 0.826. The molecule has 0 saturated heterocycles. The van der Waals surface area contributed by atoms with Crippen molar-refractivity contribution in [1.29, 1.82) is 0 Å². The number of nitrogens with one attached hydrogen (secondary N) is 1. The van der Waals surface area contributed by atoms with Crippen molar-refractivity contribution >= 4 is 11.8 Å². The summed E-state index contributed by atoms with van der Waals surface area (Å²) < 4.78 is 5.05. The monoisotopic (exact) mass is 207 g/mol. The van der Waals surface area contributed by atoms with Gasteiger partial charge in [0.25, 0.3) is 0 Å². The first kappa shape index (κ1) is 10.0. The Bertz CT molecular complexity index is 347. The van der Waals surface area contributed by atoms with Crippen LogP contribution in [0.3, 0.4) is 0 Å². The molecule has 3 nitrogen and oxygen atoms in total. The molecular weight excluding hydrogens is 190 g/mol. The van der Waals surface area contributed by atoms with Gasteiger partial charge in [-0.05, 0) is 37.8 Å². The van der Waals surface area contributed by atoms with E-state index in [2.05, 4.69) is 5.32 Å². The van der Waals surface area contributed by atoms with E-state index in [0.29, 0.717) is 12.5 Å². The van der Waals surface area contributed by atoms with Gasteiger partial charge >= 0.3 is 6.09 Å². The first-order chi connectivity index (χ1) is 7.24. The van der Waals surface area contributed by atoms with Crippen LogP contribution in [0, 0.1) is 12.8 Å². The van der Waals surface area contributed by atoms with E-state index in [1.165, 1.54) is 18.4 Å². The standard InChI is InChI=1S/C12H15NO2.H2/c1-9-2-6-11(7-3-9)13-12(14)15-8-10-4-5-10;/h2-3,6-7,10H,4-5,8H2,1H3,(H,13,14);1H. The van der Waals surface area contributed by atoms with Gasteiger partial charge < -0.3 is 4.74 Å². The van der Waals surface area contributed by atoms with E-state index in [0.717, 1.165) is 5.69 Å². The van der Waals surface area contributed by atoms with Crippen molar-refractivity contribution < 1.29 is 11.0 Å². The third-order valence-corrected chi connectivity index (χ3v) is 2.45. The fourth-order valence-electron chi connectivity index (χ4n) is 1.27. The normalized spacial score (nSPS) is 14.7. The van der Waals surface area contributed by atoms with Crippen LogP contribution < -0.4 is 5.32 Å². The summed E-state index contributed by atoms with van der Waals surface area (Å²) in [5.41, 5.74) is 1.95. The highest BCUT2D eigenvalue weighted by molar-refractivity contribution is 5.84. The molecule has 0 heterocycles. The predicted molar refractivity (Wildman–Crippen MR) is 61.0 cm³/mol. The fraction of sp³-hybridized carbons (Fsp3) is 0.417. The zero-order chi connectivity index (χ0) is 10.7. The Morgan fingerprint density at radius 3 is 2.73 bits per heavy atom. The highest BCUT2D eigenvalue weighted by atomic mass is 16.5. The van der Waals surface area contributed by atoms with E-state index >= 15 is 0 Å². The molecule has 0 unspecified atom stereocenters. The molecule has 0 atom stereocenters. The van der Waals surface area contributed by atoms with Crippen LogP contribution in [-0.4, -0.2) is 12.7 Å². The molecule has 1 aromatic carbocycles. The Labute approximate surface area is 90.9 Å². The van der Waals surface area contributed by atoms with Crippen molar-refractivity contribution in [3.63, 3.8) is 0 Å². The Morgan fingerprint density at radius 1 is 1.47 bits per heavy atom. The molecule has 1 fully saturated rings. The summed E-state index contributed by atoms with van der Waals surface area (Å²) in [6, 6.07) is 7.65. The van der Waals surface area contributed by atoms with E-state index in [1.54, 1.807) is 0 Å². The maximum absolute atomic E-state index is 11.3. The molecular formula is C12H17NO2. The van der Waals surface area contributed by atoms with Crippen LogP contribution in [-0.2, 0) is 4.74 Å². The molecule has 0 bridgehead atoms. The first-order valence-electron chi connectivity index (χ1n) is 5.24. The summed E-state index contributed by atoms with van der Waals surface area (Å²) in [5.74, 6) is 0.605. The molecule has 3 heteroatoms. The van der Waals surface area contributed by atoms with Crippen LogP contribution in [0.15, 0.2) is 24.3 Å². The van der Waals surface area contributed by atoms with Gasteiger partial charge in [0.05, 0.1) is 6.61 Å². The number of carbonyl (C=O) groups is 1. The summed E-state index contributed by atoms with van der Waals surface area (Å²) in [4.78, 5) is 11.3. The van der Waals surface area contributed by atoms with Crippen molar-refractivity contribution in [1.82, 2.24) is 0 Å². The zero-order valence-corrected chi connectivity index (χ0v) is 8.82. The van der Waals surface area contributed by atoms with Crippen LogP contribution in [0.2, 0.25) is 0 Å². The van der Waals surface area contributed by atoms with Gasteiger partial charge in [0.1, 0.15) is 0 Å². The largest absolute Gasteiger partial charge is 0.449 e. The minimum absolute atomic E-state index is 0. The molecule has 1 aromatic rings. The Hall–Kier alpha value is -1.51. The SMILES string of the molecule is Cc1ccc(NC(=O)OCC2CC2)cc1.[HH]. The molecule has 1 saturated carbocycles. The van der Waals surface area contributed by atoms with Crippen molar-refractivity contribution in [2.75, 3.05) is 11.9 Å². The average Bonchev–Trinajstić information content (AvgIpc) is 3.02. The van der Waals surface area contributed by atoms with E-state index in [4.69, 9.17) is 4.74 Å². The third-order valence-electron chi connectivity index (χ3n) is 2.45. The van der Waals surface area contributed by atoms with Gasteiger partial charge in [-0.1, -0.05) is 17.7 Å². The lowest BCUT2D eigenvalue weighted by Gasteiger charge is -2.06. The van der Waals surface area contributed by atoms with E-state index in [-0.39, 0.29) is 7.52 Å². The van der Waals surface area contributed by atoms with Gasteiger partial charge in [0.2, 0.25) is 0 Å². The molecule has 1 aliphatic rings. The summed E-state index contributed by atoms with van der Waals surface area (Å²) in [5, 5.41) is 2.69. The number of amides is 1. The number of aryl methyl sites for hydroxylation is 1. The number of rotatable bonds is 3. The number of hydrogen-bond donors (Lipinski definition) is 1. The van der Waals surface area contributed by atoms with E-state index < -0.39 is 0 Å². The second-order valence-corrected chi connectivity index (χ2v) is 4.03. The Balaban J connectivity index is 0.00000128. The lowest BCUT2D eigenvalue weighted by Crippen LogP contribution is -2.14. The summed E-state index contributed by atoms with van der Waals surface area (Å²) in [6.45, 7) is 2.56. The van der Waals surface area contributed by atoms with Crippen molar-refractivity contribution in [2.45, 2.75) is 19.8 Å². The molecule has 1 amide bonds.